The molecule has 9 heteroatoms. The van der Waals surface area contributed by atoms with Crippen LogP contribution in [0.5, 0.6) is 0 Å². The van der Waals surface area contributed by atoms with Gasteiger partial charge in [-0.1, -0.05) is 62.4 Å². The molecule has 2 heterocycles. The number of nitrogens with zero attached hydrogens (tertiary/aromatic N) is 4. The summed E-state index contributed by atoms with van der Waals surface area (Å²) in [5.74, 6) is -0.294. The van der Waals surface area contributed by atoms with Crippen molar-refractivity contribution in [3.05, 3.63) is 96.2 Å². The summed E-state index contributed by atoms with van der Waals surface area (Å²) < 4.78 is 29.0. The van der Waals surface area contributed by atoms with Gasteiger partial charge in [0.2, 0.25) is 10.0 Å². The number of carbonyl (C=O) groups is 1. The number of nitrogens with one attached hydrogen (secondary N) is 1. The highest BCUT2D eigenvalue weighted by Gasteiger charge is 2.28. The Morgan fingerprint density at radius 3 is 2.31 bits per heavy atom. The van der Waals surface area contributed by atoms with Gasteiger partial charge in [-0.05, 0) is 48.7 Å². The summed E-state index contributed by atoms with van der Waals surface area (Å²) >= 11 is 0. The number of para-hydroxylation sites is 1. The molecule has 0 spiro atoms. The fourth-order valence-corrected chi connectivity index (χ4v) is 7.15. The van der Waals surface area contributed by atoms with Crippen LogP contribution in [0.2, 0.25) is 0 Å². The van der Waals surface area contributed by atoms with Crippen molar-refractivity contribution < 1.29 is 13.2 Å². The van der Waals surface area contributed by atoms with Gasteiger partial charge in [-0.3, -0.25) is 14.7 Å². The fourth-order valence-electron chi connectivity index (χ4n) is 5.51. The third-order valence-corrected chi connectivity index (χ3v) is 9.54. The normalized spacial score (nSPS) is 14.4. The van der Waals surface area contributed by atoms with Gasteiger partial charge < -0.3 is 10.2 Å². The zero-order chi connectivity index (χ0) is 29.5. The molecular formula is C33H39N5O3S. The molecule has 1 aromatic heterocycles. The van der Waals surface area contributed by atoms with E-state index in [1.807, 2.05) is 62.4 Å². The van der Waals surface area contributed by atoms with E-state index >= 15 is 0 Å². The van der Waals surface area contributed by atoms with E-state index in [9.17, 15) is 13.2 Å². The van der Waals surface area contributed by atoms with Crippen molar-refractivity contribution in [2.24, 2.45) is 0 Å². The number of anilines is 2. The van der Waals surface area contributed by atoms with E-state index < -0.39 is 10.0 Å². The largest absolute Gasteiger partial charge is 0.368 e. The molecule has 0 saturated carbocycles. The number of amides is 1. The Kier molecular flexibility index (Phi) is 9.51. The van der Waals surface area contributed by atoms with Crippen LogP contribution in [0.3, 0.4) is 0 Å². The summed E-state index contributed by atoms with van der Waals surface area (Å²) in [6.45, 7) is 8.70. The van der Waals surface area contributed by atoms with Gasteiger partial charge in [0.25, 0.3) is 5.91 Å². The van der Waals surface area contributed by atoms with E-state index in [1.54, 1.807) is 28.7 Å². The fraction of sp³-hybridized carbons (Fsp3) is 0.333. The number of hydrogen-bond acceptors (Lipinski definition) is 6. The van der Waals surface area contributed by atoms with Gasteiger partial charge in [-0.25, -0.2) is 8.42 Å². The lowest BCUT2D eigenvalue weighted by molar-refractivity contribution is 0.102. The predicted octanol–water partition coefficient (Wildman–Crippen LogP) is 5.62. The maximum Gasteiger partial charge on any atom is 0.257 e. The lowest BCUT2D eigenvalue weighted by Gasteiger charge is -2.37. The molecule has 0 aliphatic carbocycles. The molecule has 1 fully saturated rings. The SMILES string of the molecule is CCCN(CCC)S(=O)(=O)c1ccc(C(=O)Nc2cccc3cccnc23)c(N2CCN(Cc3ccccc3)CC2)c1. The maximum absolute atomic E-state index is 13.8. The minimum atomic E-state index is -3.71. The number of piperazine rings is 1. The average Bonchev–Trinajstić information content (AvgIpc) is 3.02. The Balaban J connectivity index is 1.46. The molecule has 0 radical (unpaired) electrons. The molecule has 1 aliphatic heterocycles. The van der Waals surface area contributed by atoms with Crippen LogP contribution in [0, 0.1) is 0 Å². The number of aromatic nitrogens is 1. The Morgan fingerprint density at radius 2 is 1.60 bits per heavy atom. The summed E-state index contributed by atoms with van der Waals surface area (Å²) in [6, 6.07) is 24.8. The molecule has 1 saturated heterocycles. The number of fused-ring (bicyclic) bond motifs is 1. The van der Waals surface area contributed by atoms with Gasteiger partial charge in [-0.15, -0.1) is 0 Å². The first-order chi connectivity index (χ1) is 20.4. The molecule has 5 rings (SSSR count). The Bertz CT molecular complexity index is 1610. The first kappa shape index (κ1) is 29.7. The van der Waals surface area contributed by atoms with Gasteiger partial charge in [0.05, 0.1) is 27.4 Å². The standard InChI is InChI=1S/C33H39N5O3S/c1-3-18-38(19-4-2)42(40,41)28-15-16-29(33(39)35-30-14-8-12-27-13-9-17-34-32(27)30)31(24-28)37-22-20-36(21-23-37)25-26-10-6-5-7-11-26/h5-17,24H,3-4,18-23,25H2,1-2H3,(H,35,39). The Labute approximate surface area is 249 Å². The molecule has 1 aliphatic rings. The summed E-state index contributed by atoms with van der Waals surface area (Å²) in [5.41, 5.74) is 3.66. The smallest absolute Gasteiger partial charge is 0.257 e. The third kappa shape index (κ3) is 6.64. The van der Waals surface area contributed by atoms with Crippen LogP contribution in [-0.4, -0.2) is 67.8 Å². The average molecular weight is 586 g/mol. The molecule has 0 bridgehead atoms. The van der Waals surface area contributed by atoms with Crippen molar-refractivity contribution >= 4 is 38.2 Å². The van der Waals surface area contributed by atoms with Gasteiger partial charge in [0.15, 0.2) is 0 Å². The number of benzene rings is 3. The van der Waals surface area contributed by atoms with E-state index in [0.29, 0.717) is 48.6 Å². The van der Waals surface area contributed by atoms with Gasteiger partial charge in [0, 0.05) is 57.4 Å². The second kappa shape index (κ2) is 13.5. The van der Waals surface area contributed by atoms with Crippen LogP contribution >= 0.6 is 0 Å². The van der Waals surface area contributed by atoms with E-state index in [1.165, 1.54) is 5.56 Å². The number of rotatable bonds is 11. The predicted molar refractivity (Wildman–Crippen MR) is 169 cm³/mol. The number of sulfonamides is 1. The minimum absolute atomic E-state index is 0.217. The highest BCUT2D eigenvalue weighted by molar-refractivity contribution is 7.89. The zero-order valence-corrected chi connectivity index (χ0v) is 25.2. The number of carbonyl (C=O) groups excluding carboxylic acids is 1. The van der Waals surface area contributed by atoms with Crippen molar-refractivity contribution in [3.63, 3.8) is 0 Å². The third-order valence-electron chi connectivity index (χ3n) is 7.64. The lowest BCUT2D eigenvalue weighted by Crippen LogP contribution is -2.46. The maximum atomic E-state index is 13.8. The molecule has 8 nitrogen and oxygen atoms in total. The molecule has 0 unspecified atom stereocenters. The quantitative estimate of drug-likeness (QED) is 0.246. The van der Waals surface area contributed by atoms with E-state index in [4.69, 9.17) is 0 Å². The van der Waals surface area contributed by atoms with Crippen LogP contribution in [0.15, 0.2) is 90.0 Å². The number of hydrogen-bond donors (Lipinski definition) is 1. The molecular weight excluding hydrogens is 546 g/mol. The van der Waals surface area contributed by atoms with E-state index in [0.717, 1.165) is 37.9 Å². The van der Waals surface area contributed by atoms with Crippen molar-refractivity contribution in [2.75, 3.05) is 49.5 Å². The highest BCUT2D eigenvalue weighted by atomic mass is 32.2. The van der Waals surface area contributed by atoms with Crippen LogP contribution in [-0.2, 0) is 16.6 Å². The van der Waals surface area contributed by atoms with Crippen LogP contribution in [0.1, 0.15) is 42.6 Å². The first-order valence-electron chi connectivity index (χ1n) is 14.7. The van der Waals surface area contributed by atoms with Crippen molar-refractivity contribution in [1.29, 1.82) is 0 Å². The molecule has 3 aromatic carbocycles. The minimum Gasteiger partial charge on any atom is -0.368 e. The van der Waals surface area contributed by atoms with E-state index in [2.05, 4.69) is 32.2 Å². The van der Waals surface area contributed by atoms with Gasteiger partial charge in [-0.2, -0.15) is 4.31 Å². The Hall–Kier alpha value is -3.79. The summed E-state index contributed by atoms with van der Waals surface area (Å²) in [6.07, 6.45) is 3.17. The molecule has 4 aromatic rings. The van der Waals surface area contributed by atoms with Crippen LogP contribution in [0.4, 0.5) is 11.4 Å². The summed E-state index contributed by atoms with van der Waals surface area (Å²) in [7, 11) is -3.71. The molecule has 220 valence electrons. The highest BCUT2D eigenvalue weighted by Crippen LogP contribution is 2.30. The zero-order valence-electron chi connectivity index (χ0n) is 24.4. The van der Waals surface area contributed by atoms with Crippen LogP contribution < -0.4 is 10.2 Å². The van der Waals surface area contributed by atoms with Crippen molar-refractivity contribution in [2.45, 2.75) is 38.1 Å². The van der Waals surface area contributed by atoms with Crippen LogP contribution in [0.25, 0.3) is 10.9 Å². The monoisotopic (exact) mass is 585 g/mol. The second-order valence-electron chi connectivity index (χ2n) is 10.7. The Morgan fingerprint density at radius 1 is 0.881 bits per heavy atom. The van der Waals surface area contributed by atoms with Crippen molar-refractivity contribution in [3.8, 4) is 0 Å². The lowest BCUT2D eigenvalue weighted by atomic mass is 10.1. The summed E-state index contributed by atoms with van der Waals surface area (Å²) in [5, 5.41) is 3.97. The molecule has 1 amide bonds. The number of pyridine rings is 1. The first-order valence-corrected chi connectivity index (χ1v) is 16.1. The van der Waals surface area contributed by atoms with Gasteiger partial charge in [0.1, 0.15) is 0 Å². The van der Waals surface area contributed by atoms with E-state index in [-0.39, 0.29) is 10.8 Å². The summed E-state index contributed by atoms with van der Waals surface area (Å²) in [4.78, 5) is 23.0. The molecule has 42 heavy (non-hydrogen) atoms. The molecule has 1 N–H and O–H groups in total. The second-order valence-corrected chi connectivity index (χ2v) is 12.6. The molecule has 0 atom stereocenters. The van der Waals surface area contributed by atoms with Gasteiger partial charge >= 0.3 is 0 Å². The topological polar surface area (TPSA) is 85.8 Å². The van der Waals surface area contributed by atoms with Crippen molar-refractivity contribution in [1.82, 2.24) is 14.2 Å².